The third-order valence-corrected chi connectivity index (χ3v) is 9.12. The molecule has 186 valence electrons. The van der Waals surface area contributed by atoms with Crippen molar-refractivity contribution in [1.29, 1.82) is 0 Å². The van der Waals surface area contributed by atoms with E-state index in [9.17, 15) is 21.6 Å². The molecule has 1 fully saturated rings. The van der Waals surface area contributed by atoms with Crippen LogP contribution < -0.4 is 9.04 Å². The second-order valence-corrected chi connectivity index (χ2v) is 12.3. The average Bonchev–Trinajstić information content (AvgIpc) is 2.78. The van der Waals surface area contributed by atoms with E-state index in [1.807, 2.05) is 6.92 Å². The van der Waals surface area contributed by atoms with Gasteiger partial charge in [0, 0.05) is 26.2 Å². The second-order valence-electron chi connectivity index (χ2n) is 8.10. The molecule has 34 heavy (non-hydrogen) atoms. The topological polar surface area (TPSA) is 104 Å². The van der Waals surface area contributed by atoms with Gasteiger partial charge in [-0.3, -0.25) is 9.10 Å². The summed E-state index contributed by atoms with van der Waals surface area (Å²) in [5.41, 5.74) is 1.19. The van der Waals surface area contributed by atoms with E-state index in [0.717, 1.165) is 16.1 Å². The van der Waals surface area contributed by atoms with Crippen molar-refractivity contribution in [2.45, 2.75) is 24.8 Å². The third kappa shape index (κ3) is 5.48. The van der Waals surface area contributed by atoms with Crippen LogP contribution in [0.1, 0.15) is 12.5 Å². The van der Waals surface area contributed by atoms with Gasteiger partial charge in [-0.1, -0.05) is 29.3 Å². The van der Waals surface area contributed by atoms with Crippen LogP contribution in [0.5, 0.6) is 5.75 Å². The molecule has 9 nitrogen and oxygen atoms in total. The molecule has 1 amide bonds. The van der Waals surface area contributed by atoms with Crippen LogP contribution >= 0.6 is 11.6 Å². The van der Waals surface area contributed by atoms with Crippen molar-refractivity contribution in [3.63, 3.8) is 0 Å². The molecule has 0 radical (unpaired) electrons. The molecule has 0 aliphatic carbocycles. The largest absolute Gasteiger partial charge is 0.495 e. The van der Waals surface area contributed by atoms with Gasteiger partial charge in [0.1, 0.15) is 11.8 Å². The Morgan fingerprint density at radius 3 is 2.12 bits per heavy atom. The lowest BCUT2D eigenvalue weighted by Crippen LogP contribution is -2.56. The lowest BCUT2D eigenvalue weighted by atomic mass is 10.2. The predicted molar refractivity (Wildman–Crippen MR) is 131 cm³/mol. The van der Waals surface area contributed by atoms with Gasteiger partial charge in [0.15, 0.2) is 0 Å². The molecule has 2 aromatic carbocycles. The van der Waals surface area contributed by atoms with Crippen LogP contribution in [-0.4, -0.2) is 77.5 Å². The van der Waals surface area contributed by atoms with E-state index in [1.54, 1.807) is 24.3 Å². The summed E-state index contributed by atoms with van der Waals surface area (Å²) < 4.78 is 58.5. The number of carbonyl (C=O) groups is 1. The summed E-state index contributed by atoms with van der Waals surface area (Å²) in [6.45, 7) is 3.90. The van der Waals surface area contributed by atoms with Gasteiger partial charge < -0.3 is 9.64 Å². The first kappa shape index (κ1) is 26.3. The molecule has 1 saturated heterocycles. The molecule has 0 spiro atoms. The monoisotopic (exact) mass is 529 g/mol. The normalized spacial score (nSPS) is 16.2. The van der Waals surface area contributed by atoms with Gasteiger partial charge in [-0.05, 0) is 44.2 Å². The summed E-state index contributed by atoms with van der Waals surface area (Å²) in [6, 6.07) is 10.0. The van der Waals surface area contributed by atoms with E-state index in [2.05, 4.69) is 0 Å². The molecule has 0 bridgehead atoms. The van der Waals surface area contributed by atoms with Crippen molar-refractivity contribution in [3.8, 4) is 5.75 Å². The molecule has 12 heteroatoms. The number of rotatable bonds is 7. The summed E-state index contributed by atoms with van der Waals surface area (Å²) in [5.74, 6) is -0.0477. The number of aryl methyl sites for hydroxylation is 1. The Balaban J connectivity index is 1.76. The Kier molecular flexibility index (Phi) is 7.81. The van der Waals surface area contributed by atoms with Crippen molar-refractivity contribution in [2.24, 2.45) is 0 Å². The molecule has 3 rings (SSSR count). The number of halogens is 1. The number of ether oxygens (including phenoxy) is 1. The fourth-order valence-electron chi connectivity index (χ4n) is 3.87. The van der Waals surface area contributed by atoms with Crippen LogP contribution in [0.2, 0.25) is 5.02 Å². The smallest absolute Gasteiger partial charge is 0.246 e. The van der Waals surface area contributed by atoms with Crippen LogP contribution in [0.25, 0.3) is 0 Å². The minimum atomic E-state index is -3.83. The van der Waals surface area contributed by atoms with Gasteiger partial charge in [-0.15, -0.1) is 0 Å². The van der Waals surface area contributed by atoms with Crippen LogP contribution in [0.3, 0.4) is 0 Å². The number of carbonyl (C=O) groups excluding carboxylic acids is 1. The molecular weight excluding hydrogens is 502 g/mol. The van der Waals surface area contributed by atoms with E-state index >= 15 is 0 Å². The molecule has 1 aliphatic heterocycles. The van der Waals surface area contributed by atoms with Crippen LogP contribution in [0, 0.1) is 6.92 Å². The Hall–Kier alpha value is -2.34. The number of sulfonamides is 2. The SMILES string of the molecule is COc1ccc(N([C@@H](C)C(=O)N2CCN(S(=O)(=O)c3ccc(C)cc3)CC2)S(C)(=O)=O)cc1Cl. The molecule has 0 saturated carbocycles. The fourth-order valence-corrected chi connectivity index (χ4v) is 6.70. The second kappa shape index (κ2) is 10.1. The molecule has 0 aromatic heterocycles. The number of piperazine rings is 1. The van der Waals surface area contributed by atoms with Crippen molar-refractivity contribution < 1.29 is 26.4 Å². The number of methoxy groups -OCH3 is 1. The van der Waals surface area contributed by atoms with Crippen molar-refractivity contribution in [2.75, 3.05) is 43.8 Å². The van der Waals surface area contributed by atoms with E-state index in [0.29, 0.717) is 5.75 Å². The standard InChI is InChI=1S/C22H28ClN3O6S2/c1-16-5-8-19(9-6-16)34(30,31)25-13-11-24(12-14-25)22(27)17(2)26(33(4,28)29)18-7-10-21(32-3)20(23)15-18/h5-10,15,17H,11-14H2,1-4H3/t17-/m0/s1. The summed E-state index contributed by atoms with van der Waals surface area (Å²) in [7, 11) is -6.07. The van der Waals surface area contributed by atoms with Gasteiger partial charge >= 0.3 is 0 Å². The quantitative estimate of drug-likeness (QED) is 0.545. The van der Waals surface area contributed by atoms with Crippen molar-refractivity contribution >= 4 is 43.2 Å². The van der Waals surface area contributed by atoms with Gasteiger partial charge in [0.05, 0.1) is 29.0 Å². The number of hydrogen-bond donors (Lipinski definition) is 0. The molecule has 1 atom stereocenters. The van der Waals surface area contributed by atoms with E-state index < -0.39 is 32.0 Å². The molecule has 0 unspecified atom stereocenters. The maximum Gasteiger partial charge on any atom is 0.246 e. The predicted octanol–water partition coefficient (Wildman–Crippen LogP) is 2.34. The highest BCUT2D eigenvalue weighted by Crippen LogP contribution is 2.31. The van der Waals surface area contributed by atoms with Crippen LogP contribution in [-0.2, 0) is 24.8 Å². The van der Waals surface area contributed by atoms with E-state index in [4.69, 9.17) is 16.3 Å². The highest BCUT2D eigenvalue weighted by atomic mass is 35.5. The minimum absolute atomic E-state index is 0.113. The average molecular weight is 530 g/mol. The van der Waals surface area contributed by atoms with E-state index in [1.165, 1.54) is 41.4 Å². The zero-order valence-electron chi connectivity index (χ0n) is 19.4. The molecule has 0 N–H and O–H groups in total. The van der Waals surface area contributed by atoms with Gasteiger partial charge in [0.2, 0.25) is 26.0 Å². The zero-order valence-corrected chi connectivity index (χ0v) is 21.8. The first-order chi connectivity index (χ1) is 15.9. The summed E-state index contributed by atoms with van der Waals surface area (Å²) in [4.78, 5) is 14.9. The van der Waals surface area contributed by atoms with Crippen LogP contribution in [0.15, 0.2) is 47.4 Å². The molecule has 2 aromatic rings. The molecular formula is C22H28ClN3O6S2. The Morgan fingerprint density at radius 2 is 1.62 bits per heavy atom. The Labute approximate surface area is 206 Å². The molecule has 1 heterocycles. The number of benzene rings is 2. The van der Waals surface area contributed by atoms with Crippen molar-refractivity contribution in [1.82, 2.24) is 9.21 Å². The summed E-state index contributed by atoms with van der Waals surface area (Å²) in [6.07, 6.45) is 1.01. The maximum absolute atomic E-state index is 13.2. The highest BCUT2D eigenvalue weighted by Gasteiger charge is 2.36. The van der Waals surface area contributed by atoms with E-state index in [-0.39, 0.29) is 41.8 Å². The lowest BCUT2D eigenvalue weighted by molar-refractivity contribution is -0.133. The minimum Gasteiger partial charge on any atom is -0.495 e. The maximum atomic E-state index is 13.2. The van der Waals surface area contributed by atoms with Gasteiger partial charge in [-0.25, -0.2) is 16.8 Å². The zero-order chi connectivity index (χ0) is 25.3. The van der Waals surface area contributed by atoms with Gasteiger partial charge in [-0.2, -0.15) is 4.31 Å². The van der Waals surface area contributed by atoms with Crippen molar-refractivity contribution in [3.05, 3.63) is 53.1 Å². The number of anilines is 1. The number of hydrogen-bond acceptors (Lipinski definition) is 6. The number of amides is 1. The summed E-state index contributed by atoms with van der Waals surface area (Å²) >= 11 is 6.17. The highest BCUT2D eigenvalue weighted by molar-refractivity contribution is 7.92. The lowest BCUT2D eigenvalue weighted by Gasteiger charge is -2.37. The molecule has 1 aliphatic rings. The first-order valence-corrected chi connectivity index (χ1v) is 14.2. The number of nitrogens with zero attached hydrogens (tertiary/aromatic N) is 3. The third-order valence-electron chi connectivity index (χ3n) is 5.67. The first-order valence-electron chi connectivity index (χ1n) is 10.5. The Morgan fingerprint density at radius 1 is 1.03 bits per heavy atom. The van der Waals surface area contributed by atoms with Crippen LogP contribution in [0.4, 0.5) is 5.69 Å². The van der Waals surface area contributed by atoms with Gasteiger partial charge in [0.25, 0.3) is 0 Å². The fraction of sp³-hybridized carbons (Fsp3) is 0.409. The summed E-state index contributed by atoms with van der Waals surface area (Å²) in [5, 5.41) is 0.211. The Bertz CT molecular complexity index is 1260.